The molecule has 2 aromatic rings. The minimum Gasteiger partial charge on any atom is -0.301 e. The Morgan fingerprint density at radius 1 is 1.50 bits per heavy atom. The van der Waals surface area contributed by atoms with E-state index >= 15 is 0 Å². The molecule has 1 aromatic carbocycles. The van der Waals surface area contributed by atoms with Gasteiger partial charge in [-0.05, 0) is 30.5 Å². The first-order chi connectivity index (χ1) is 9.55. The lowest BCUT2D eigenvalue weighted by atomic mass is 10.1. The van der Waals surface area contributed by atoms with Crippen LogP contribution in [0.5, 0.6) is 0 Å². The number of aryl methyl sites for hydroxylation is 1. The number of carbonyl (C=O) groups is 1. The molecule has 1 N–H and O–H groups in total. The maximum atomic E-state index is 12.0. The van der Waals surface area contributed by atoms with Crippen molar-refractivity contribution in [2.24, 2.45) is 0 Å². The molecule has 0 radical (unpaired) electrons. The fourth-order valence-corrected chi connectivity index (χ4v) is 3.79. The molecular formula is C14H16BrClN2OS. The standard InChI is InChI=1S/C14H16BrClN2OS/c1-3-5-10(15)13(19)18-14-17-12-8(4-2)6-9(16)7-11(12)20-14/h6-7,10H,3-5H2,1-2H3,(H,17,18,19)/t10-/m1/s1. The predicted octanol–water partition coefficient (Wildman–Crippen LogP) is 5.01. The number of aromatic nitrogens is 1. The van der Waals surface area contributed by atoms with Gasteiger partial charge >= 0.3 is 0 Å². The van der Waals surface area contributed by atoms with Crippen LogP contribution in [0.25, 0.3) is 10.2 Å². The zero-order valence-corrected chi connectivity index (χ0v) is 14.5. The van der Waals surface area contributed by atoms with Crippen molar-refractivity contribution in [3.63, 3.8) is 0 Å². The molecule has 3 nitrogen and oxygen atoms in total. The quantitative estimate of drug-likeness (QED) is 0.746. The van der Waals surface area contributed by atoms with Crippen LogP contribution in [0.4, 0.5) is 5.13 Å². The van der Waals surface area contributed by atoms with Crippen molar-refractivity contribution in [1.82, 2.24) is 4.98 Å². The molecule has 1 amide bonds. The van der Waals surface area contributed by atoms with Gasteiger partial charge in [0, 0.05) is 5.02 Å². The molecule has 0 fully saturated rings. The van der Waals surface area contributed by atoms with E-state index in [1.807, 2.05) is 12.1 Å². The maximum Gasteiger partial charge on any atom is 0.239 e. The van der Waals surface area contributed by atoms with Crippen LogP contribution in [0.15, 0.2) is 12.1 Å². The van der Waals surface area contributed by atoms with Crippen LogP contribution < -0.4 is 5.32 Å². The first-order valence-corrected chi connectivity index (χ1v) is 8.70. The molecule has 0 bridgehead atoms. The number of halogens is 2. The minimum atomic E-state index is -0.172. The first-order valence-electron chi connectivity index (χ1n) is 6.59. The van der Waals surface area contributed by atoms with Gasteiger partial charge in [-0.15, -0.1) is 0 Å². The zero-order valence-electron chi connectivity index (χ0n) is 11.4. The van der Waals surface area contributed by atoms with Crippen LogP contribution in [-0.4, -0.2) is 15.7 Å². The lowest BCUT2D eigenvalue weighted by molar-refractivity contribution is -0.115. The third kappa shape index (κ3) is 3.51. The summed E-state index contributed by atoms with van der Waals surface area (Å²) in [6.07, 6.45) is 2.63. The third-order valence-corrected chi connectivity index (χ3v) is 4.99. The molecular weight excluding hydrogens is 360 g/mol. The van der Waals surface area contributed by atoms with Gasteiger partial charge in [-0.2, -0.15) is 0 Å². The third-order valence-electron chi connectivity index (χ3n) is 2.98. The summed E-state index contributed by atoms with van der Waals surface area (Å²) in [5.74, 6) is -0.0462. The van der Waals surface area contributed by atoms with Gasteiger partial charge in [0.25, 0.3) is 0 Å². The molecule has 2 rings (SSSR count). The molecule has 0 unspecified atom stereocenters. The number of alkyl halides is 1. The topological polar surface area (TPSA) is 42.0 Å². The number of thiazole rings is 1. The number of hydrogen-bond donors (Lipinski definition) is 1. The molecule has 0 saturated carbocycles. The van der Waals surface area contributed by atoms with Gasteiger partial charge in [0.05, 0.1) is 15.0 Å². The maximum absolute atomic E-state index is 12.0. The minimum absolute atomic E-state index is 0.0462. The van der Waals surface area contributed by atoms with Crippen LogP contribution in [0.1, 0.15) is 32.3 Å². The van der Waals surface area contributed by atoms with Gasteiger partial charge in [-0.1, -0.05) is 59.1 Å². The summed E-state index contributed by atoms with van der Waals surface area (Å²) in [5.41, 5.74) is 2.03. The summed E-state index contributed by atoms with van der Waals surface area (Å²) in [6, 6.07) is 3.82. The number of fused-ring (bicyclic) bond motifs is 1. The summed E-state index contributed by atoms with van der Waals surface area (Å²) < 4.78 is 1.01. The second kappa shape index (κ2) is 6.87. The van der Waals surface area contributed by atoms with Crippen molar-refractivity contribution >= 4 is 60.1 Å². The Labute approximate surface area is 135 Å². The molecule has 1 aromatic heterocycles. The molecule has 108 valence electrons. The predicted molar refractivity (Wildman–Crippen MR) is 90.3 cm³/mol. The summed E-state index contributed by atoms with van der Waals surface area (Å²) >= 11 is 10.9. The number of nitrogens with one attached hydrogen (secondary N) is 1. The van der Waals surface area contributed by atoms with Crippen molar-refractivity contribution in [3.8, 4) is 0 Å². The Bertz CT molecular complexity index is 629. The summed E-state index contributed by atoms with van der Waals surface area (Å²) in [5, 5.41) is 4.20. The Morgan fingerprint density at radius 3 is 2.90 bits per heavy atom. The lowest BCUT2D eigenvalue weighted by Crippen LogP contribution is -2.22. The molecule has 20 heavy (non-hydrogen) atoms. The smallest absolute Gasteiger partial charge is 0.239 e. The van der Waals surface area contributed by atoms with E-state index in [0.717, 1.165) is 35.0 Å². The number of carbonyl (C=O) groups excluding carboxylic acids is 1. The van der Waals surface area contributed by atoms with Gasteiger partial charge in [0.2, 0.25) is 5.91 Å². The first kappa shape index (κ1) is 15.7. The number of anilines is 1. The Hall–Kier alpha value is -0.650. The van der Waals surface area contributed by atoms with Crippen LogP contribution in [-0.2, 0) is 11.2 Å². The molecule has 0 aliphatic carbocycles. The Morgan fingerprint density at radius 2 is 2.25 bits per heavy atom. The van der Waals surface area contributed by atoms with E-state index in [1.54, 1.807) is 0 Å². The summed E-state index contributed by atoms with van der Waals surface area (Å²) in [6.45, 7) is 4.12. The fourth-order valence-electron chi connectivity index (χ4n) is 1.95. The SMILES string of the molecule is CCC[C@@H](Br)C(=O)Nc1nc2c(CC)cc(Cl)cc2s1. The molecule has 0 spiro atoms. The number of hydrogen-bond acceptors (Lipinski definition) is 3. The fraction of sp³-hybridized carbons (Fsp3) is 0.429. The highest BCUT2D eigenvalue weighted by Gasteiger charge is 2.16. The number of benzene rings is 1. The summed E-state index contributed by atoms with van der Waals surface area (Å²) in [4.78, 5) is 16.3. The van der Waals surface area contributed by atoms with E-state index in [2.05, 4.69) is 40.1 Å². The highest BCUT2D eigenvalue weighted by molar-refractivity contribution is 9.10. The number of nitrogens with zero attached hydrogens (tertiary/aromatic N) is 1. The van der Waals surface area contributed by atoms with Crippen molar-refractivity contribution < 1.29 is 4.79 Å². The Kier molecular flexibility index (Phi) is 5.41. The molecule has 6 heteroatoms. The van der Waals surface area contributed by atoms with E-state index in [-0.39, 0.29) is 10.7 Å². The van der Waals surface area contributed by atoms with Crippen molar-refractivity contribution in [1.29, 1.82) is 0 Å². The zero-order chi connectivity index (χ0) is 14.7. The van der Waals surface area contributed by atoms with Crippen LogP contribution in [0.3, 0.4) is 0 Å². The highest BCUT2D eigenvalue weighted by Crippen LogP contribution is 2.31. The van der Waals surface area contributed by atoms with Crippen molar-refractivity contribution in [2.75, 3.05) is 5.32 Å². The van der Waals surface area contributed by atoms with Crippen molar-refractivity contribution in [2.45, 2.75) is 37.9 Å². The lowest BCUT2D eigenvalue weighted by Gasteiger charge is -2.06. The van der Waals surface area contributed by atoms with E-state index in [1.165, 1.54) is 11.3 Å². The second-order valence-corrected chi connectivity index (χ2v) is 7.10. The average Bonchev–Trinajstić information content (AvgIpc) is 2.79. The van der Waals surface area contributed by atoms with Gasteiger partial charge in [0.15, 0.2) is 5.13 Å². The van der Waals surface area contributed by atoms with Gasteiger partial charge < -0.3 is 5.32 Å². The average molecular weight is 376 g/mol. The normalized spacial score (nSPS) is 12.6. The molecule has 0 aliphatic rings. The van der Waals surface area contributed by atoms with E-state index in [4.69, 9.17) is 11.6 Å². The molecule has 0 saturated heterocycles. The van der Waals surface area contributed by atoms with Gasteiger partial charge in [-0.3, -0.25) is 4.79 Å². The molecule has 1 atom stereocenters. The highest BCUT2D eigenvalue weighted by atomic mass is 79.9. The van der Waals surface area contributed by atoms with E-state index in [0.29, 0.717) is 10.2 Å². The van der Waals surface area contributed by atoms with Crippen LogP contribution in [0, 0.1) is 0 Å². The molecule has 1 heterocycles. The van der Waals surface area contributed by atoms with E-state index < -0.39 is 0 Å². The van der Waals surface area contributed by atoms with Gasteiger partial charge in [-0.25, -0.2) is 4.98 Å². The van der Waals surface area contributed by atoms with Gasteiger partial charge in [0.1, 0.15) is 0 Å². The van der Waals surface area contributed by atoms with Crippen molar-refractivity contribution in [3.05, 3.63) is 22.7 Å². The van der Waals surface area contributed by atoms with Crippen LogP contribution >= 0.6 is 38.9 Å². The largest absolute Gasteiger partial charge is 0.301 e. The summed E-state index contributed by atoms with van der Waals surface area (Å²) in [7, 11) is 0. The number of rotatable bonds is 5. The molecule has 0 aliphatic heterocycles. The Balaban J connectivity index is 2.26. The number of amides is 1. The monoisotopic (exact) mass is 374 g/mol. The van der Waals surface area contributed by atoms with Crippen LogP contribution in [0.2, 0.25) is 5.02 Å². The second-order valence-electron chi connectivity index (χ2n) is 4.53. The van der Waals surface area contributed by atoms with E-state index in [9.17, 15) is 4.79 Å².